The first-order valence-corrected chi connectivity index (χ1v) is 7.14. The lowest BCUT2D eigenvalue weighted by Crippen LogP contribution is -2.23. The standard InChI is InChI=1S/C16H13BrN2O/c1-19-15-9-5-4-8-13(15)18-14(16(19)20)10-11-6-2-3-7-12(11)17/h2-9H,10H2,1H3. The molecule has 0 N–H and O–H groups in total. The zero-order chi connectivity index (χ0) is 14.1. The van der Waals surface area contributed by atoms with Crippen molar-refractivity contribution in [2.45, 2.75) is 6.42 Å². The molecule has 0 aliphatic heterocycles. The molecule has 0 fully saturated rings. The van der Waals surface area contributed by atoms with Crippen molar-refractivity contribution in [2.75, 3.05) is 0 Å². The van der Waals surface area contributed by atoms with Crippen LogP contribution in [0.4, 0.5) is 0 Å². The fourth-order valence-electron chi connectivity index (χ4n) is 2.28. The second-order valence-electron chi connectivity index (χ2n) is 4.68. The van der Waals surface area contributed by atoms with Crippen LogP contribution in [0.15, 0.2) is 57.8 Å². The quantitative estimate of drug-likeness (QED) is 0.723. The Labute approximate surface area is 125 Å². The average Bonchev–Trinajstić information content (AvgIpc) is 2.47. The van der Waals surface area contributed by atoms with Crippen LogP contribution < -0.4 is 5.56 Å². The molecule has 3 aromatic rings. The highest BCUT2D eigenvalue weighted by Crippen LogP contribution is 2.18. The minimum absolute atomic E-state index is 0.0422. The summed E-state index contributed by atoms with van der Waals surface area (Å²) in [5.41, 5.74) is 3.29. The van der Waals surface area contributed by atoms with Gasteiger partial charge in [0.05, 0.1) is 11.0 Å². The third-order valence-electron chi connectivity index (χ3n) is 3.37. The van der Waals surface area contributed by atoms with E-state index in [9.17, 15) is 4.79 Å². The molecule has 0 aliphatic carbocycles. The number of aryl methyl sites for hydroxylation is 1. The number of para-hydroxylation sites is 2. The van der Waals surface area contributed by atoms with Gasteiger partial charge in [-0.3, -0.25) is 4.79 Å². The Bertz CT molecular complexity index is 839. The number of rotatable bonds is 2. The Morgan fingerprint density at radius 3 is 2.60 bits per heavy atom. The molecule has 0 saturated carbocycles. The van der Waals surface area contributed by atoms with E-state index in [0.29, 0.717) is 12.1 Å². The maximum absolute atomic E-state index is 12.4. The largest absolute Gasteiger partial charge is 0.308 e. The van der Waals surface area contributed by atoms with Crippen LogP contribution in [0.25, 0.3) is 11.0 Å². The van der Waals surface area contributed by atoms with Gasteiger partial charge in [0, 0.05) is 17.9 Å². The van der Waals surface area contributed by atoms with Crippen molar-refractivity contribution >= 4 is 27.0 Å². The Balaban J connectivity index is 2.15. The zero-order valence-electron chi connectivity index (χ0n) is 11.0. The number of hydrogen-bond donors (Lipinski definition) is 0. The lowest BCUT2D eigenvalue weighted by Gasteiger charge is -2.08. The molecule has 0 saturated heterocycles. The van der Waals surface area contributed by atoms with Crippen LogP contribution in [0.3, 0.4) is 0 Å². The van der Waals surface area contributed by atoms with Gasteiger partial charge in [0.25, 0.3) is 5.56 Å². The van der Waals surface area contributed by atoms with Gasteiger partial charge < -0.3 is 4.57 Å². The number of nitrogens with zero attached hydrogens (tertiary/aromatic N) is 2. The third-order valence-corrected chi connectivity index (χ3v) is 4.14. The van der Waals surface area contributed by atoms with E-state index in [0.717, 1.165) is 21.1 Å². The van der Waals surface area contributed by atoms with Crippen molar-refractivity contribution in [1.29, 1.82) is 0 Å². The summed E-state index contributed by atoms with van der Waals surface area (Å²) in [5.74, 6) is 0. The molecule has 0 amide bonds. The van der Waals surface area contributed by atoms with Gasteiger partial charge in [0.1, 0.15) is 5.69 Å². The molecule has 1 aromatic heterocycles. The smallest absolute Gasteiger partial charge is 0.272 e. The maximum Gasteiger partial charge on any atom is 0.272 e. The highest BCUT2D eigenvalue weighted by atomic mass is 79.9. The fourth-order valence-corrected chi connectivity index (χ4v) is 2.70. The monoisotopic (exact) mass is 328 g/mol. The van der Waals surface area contributed by atoms with Crippen molar-refractivity contribution < 1.29 is 0 Å². The Morgan fingerprint density at radius 2 is 1.80 bits per heavy atom. The molecular formula is C16H13BrN2O. The molecular weight excluding hydrogens is 316 g/mol. The number of halogens is 1. The number of fused-ring (bicyclic) bond motifs is 1. The summed E-state index contributed by atoms with van der Waals surface area (Å²) in [6.45, 7) is 0. The molecule has 3 nitrogen and oxygen atoms in total. The summed E-state index contributed by atoms with van der Waals surface area (Å²) in [6, 6.07) is 15.6. The summed E-state index contributed by atoms with van der Waals surface area (Å²) in [5, 5.41) is 0. The van der Waals surface area contributed by atoms with Crippen LogP contribution in [-0.4, -0.2) is 9.55 Å². The second kappa shape index (κ2) is 5.21. The Hall–Kier alpha value is -1.94. The van der Waals surface area contributed by atoms with Crippen LogP contribution in [0.5, 0.6) is 0 Å². The topological polar surface area (TPSA) is 34.9 Å². The van der Waals surface area contributed by atoms with Gasteiger partial charge in [-0.2, -0.15) is 0 Å². The molecule has 0 atom stereocenters. The molecule has 20 heavy (non-hydrogen) atoms. The van der Waals surface area contributed by atoms with E-state index in [-0.39, 0.29) is 5.56 Å². The van der Waals surface area contributed by atoms with E-state index >= 15 is 0 Å². The molecule has 0 aliphatic rings. The lowest BCUT2D eigenvalue weighted by molar-refractivity contribution is 0.855. The Kier molecular flexibility index (Phi) is 3.40. The van der Waals surface area contributed by atoms with E-state index in [2.05, 4.69) is 20.9 Å². The van der Waals surface area contributed by atoms with Gasteiger partial charge in [-0.1, -0.05) is 46.3 Å². The molecule has 3 rings (SSSR count). The minimum atomic E-state index is -0.0422. The van der Waals surface area contributed by atoms with E-state index in [1.807, 2.05) is 48.5 Å². The molecule has 2 aromatic carbocycles. The SMILES string of the molecule is Cn1c(=O)c(Cc2ccccc2Br)nc2ccccc21. The van der Waals surface area contributed by atoms with E-state index in [1.165, 1.54) is 0 Å². The Morgan fingerprint density at radius 1 is 1.10 bits per heavy atom. The van der Waals surface area contributed by atoms with Gasteiger partial charge in [-0.05, 0) is 23.8 Å². The van der Waals surface area contributed by atoms with Crippen LogP contribution in [-0.2, 0) is 13.5 Å². The van der Waals surface area contributed by atoms with Crippen molar-refractivity contribution in [1.82, 2.24) is 9.55 Å². The van der Waals surface area contributed by atoms with Crippen LogP contribution >= 0.6 is 15.9 Å². The number of hydrogen-bond acceptors (Lipinski definition) is 2. The van der Waals surface area contributed by atoms with Crippen molar-refractivity contribution in [3.05, 3.63) is 74.6 Å². The van der Waals surface area contributed by atoms with Gasteiger partial charge in [-0.25, -0.2) is 4.98 Å². The molecule has 4 heteroatoms. The van der Waals surface area contributed by atoms with Crippen LogP contribution in [0, 0.1) is 0 Å². The summed E-state index contributed by atoms with van der Waals surface area (Å²) in [4.78, 5) is 16.9. The maximum atomic E-state index is 12.4. The zero-order valence-corrected chi connectivity index (χ0v) is 12.6. The predicted molar refractivity (Wildman–Crippen MR) is 83.9 cm³/mol. The highest BCUT2D eigenvalue weighted by molar-refractivity contribution is 9.10. The van der Waals surface area contributed by atoms with Crippen LogP contribution in [0.2, 0.25) is 0 Å². The molecule has 0 radical (unpaired) electrons. The lowest BCUT2D eigenvalue weighted by atomic mass is 10.1. The van der Waals surface area contributed by atoms with Crippen molar-refractivity contribution in [2.24, 2.45) is 7.05 Å². The molecule has 1 heterocycles. The summed E-state index contributed by atoms with van der Waals surface area (Å²) in [6.07, 6.45) is 0.527. The molecule has 0 spiro atoms. The first-order chi connectivity index (χ1) is 9.66. The summed E-state index contributed by atoms with van der Waals surface area (Å²) in [7, 11) is 1.79. The highest BCUT2D eigenvalue weighted by Gasteiger charge is 2.10. The van der Waals surface area contributed by atoms with Gasteiger partial charge in [-0.15, -0.1) is 0 Å². The van der Waals surface area contributed by atoms with Crippen molar-refractivity contribution in [3.8, 4) is 0 Å². The summed E-state index contributed by atoms with van der Waals surface area (Å²) < 4.78 is 2.66. The van der Waals surface area contributed by atoms with E-state index in [4.69, 9.17) is 0 Å². The van der Waals surface area contributed by atoms with E-state index < -0.39 is 0 Å². The molecule has 100 valence electrons. The van der Waals surface area contributed by atoms with Crippen LogP contribution in [0.1, 0.15) is 11.3 Å². The first-order valence-electron chi connectivity index (χ1n) is 6.35. The predicted octanol–water partition coefficient (Wildman–Crippen LogP) is 3.29. The third kappa shape index (κ3) is 2.27. The minimum Gasteiger partial charge on any atom is -0.308 e. The summed E-state index contributed by atoms with van der Waals surface area (Å²) >= 11 is 3.51. The first kappa shape index (κ1) is 13.1. The van der Waals surface area contributed by atoms with Crippen molar-refractivity contribution in [3.63, 3.8) is 0 Å². The number of aromatic nitrogens is 2. The molecule has 0 bridgehead atoms. The average molecular weight is 329 g/mol. The fraction of sp³-hybridized carbons (Fsp3) is 0.125. The second-order valence-corrected chi connectivity index (χ2v) is 5.53. The normalized spacial score (nSPS) is 10.9. The van der Waals surface area contributed by atoms with Gasteiger partial charge >= 0.3 is 0 Å². The van der Waals surface area contributed by atoms with Gasteiger partial charge in [0.2, 0.25) is 0 Å². The van der Waals surface area contributed by atoms with Gasteiger partial charge in [0.15, 0.2) is 0 Å². The van der Waals surface area contributed by atoms with E-state index in [1.54, 1.807) is 11.6 Å². The molecule has 0 unspecified atom stereocenters. The number of benzene rings is 2.